The molecule has 146 valence electrons. The fraction of sp³-hybridized carbons (Fsp3) is 0.450. The van der Waals surface area contributed by atoms with E-state index in [2.05, 4.69) is 38.5 Å². The molecule has 6 nitrogen and oxygen atoms in total. The summed E-state index contributed by atoms with van der Waals surface area (Å²) in [6.07, 6.45) is 7.11. The van der Waals surface area contributed by atoms with Crippen LogP contribution in [0.25, 0.3) is 0 Å². The average Bonchev–Trinajstić information content (AvgIpc) is 3.22. The molecule has 2 aromatic rings. The highest BCUT2D eigenvalue weighted by Gasteiger charge is 2.13. The van der Waals surface area contributed by atoms with Crippen molar-refractivity contribution in [3.8, 4) is 0 Å². The summed E-state index contributed by atoms with van der Waals surface area (Å²) in [5, 5.41) is 6.68. The first kappa shape index (κ1) is 21.4. The normalized spacial score (nSPS) is 14.0. The lowest BCUT2D eigenvalue weighted by molar-refractivity contribution is 0.788. The predicted molar refractivity (Wildman–Crippen MR) is 122 cm³/mol. The highest BCUT2D eigenvalue weighted by molar-refractivity contribution is 14.0. The molecule has 3 heterocycles. The molecule has 1 aliphatic heterocycles. The first-order chi connectivity index (χ1) is 12.8. The van der Waals surface area contributed by atoms with Crippen molar-refractivity contribution in [2.75, 3.05) is 31.1 Å². The predicted octanol–water partition coefficient (Wildman–Crippen LogP) is 2.99. The van der Waals surface area contributed by atoms with Gasteiger partial charge in [0.05, 0.1) is 6.54 Å². The van der Waals surface area contributed by atoms with Crippen LogP contribution in [-0.4, -0.2) is 42.1 Å². The van der Waals surface area contributed by atoms with E-state index in [1.807, 2.05) is 36.7 Å². The molecule has 0 radical (unpaired) electrons. The standard InChI is InChI=1S/C20H28N6.HI/c1-2-21-20(24-12-9-18-7-3-4-10-22-18)25-16-17-8-11-23-19(15-17)26-13-5-6-14-26;/h3-4,7-8,10-11,15H,2,5-6,9,12-14,16H2,1H3,(H2,21,24,25);1H. The SMILES string of the molecule is CCNC(=NCc1ccnc(N2CCCC2)c1)NCCc1ccccn1.I. The number of rotatable bonds is 7. The number of anilines is 1. The van der Waals surface area contributed by atoms with Gasteiger partial charge in [0.1, 0.15) is 5.82 Å². The molecule has 2 aromatic heterocycles. The van der Waals surface area contributed by atoms with E-state index in [0.29, 0.717) is 6.54 Å². The van der Waals surface area contributed by atoms with Gasteiger partial charge in [-0.2, -0.15) is 0 Å². The first-order valence-electron chi connectivity index (χ1n) is 9.47. The number of hydrogen-bond donors (Lipinski definition) is 2. The van der Waals surface area contributed by atoms with Crippen molar-refractivity contribution in [1.29, 1.82) is 0 Å². The second-order valence-corrected chi connectivity index (χ2v) is 6.41. The van der Waals surface area contributed by atoms with Crippen molar-refractivity contribution in [2.45, 2.75) is 32.7 Å². The lowest BCUT2D eigenvalue weighted by Crippen LogP contribution is -2.38. The molecule has 0 spiro atoms. The zero-order valence-electron chi connectivity index (χ0n) is 15.9. The molecule has 0 bridgehead atoms. The Balaban J connectivity index is 0.00000261. The van der Waals surface area contributed by atoms with Gasteiger partial charge in [0, 0.05) is 50.7 Å². The average molecular weight is 480 g/mol. The third-order valence-corrected chi connectivity index (χ3v) is 4.40. The maximum Gasteiger partial charge on any atom is 0.191 e. The Hall–Kier alpha value is -1.90. The number of hydrogen-bond acceptors (Lipinski definition) is 4. The van der Waals surface area contributed by atoms with Crippen molar-refractivity contribution < 1.29 is 0 Å². The molecule has 0 aliphatic carbocycles. The molecule has 1 saturated heterocycles. The van der Waals surface area contributed by atoms with Crippen molar-refractivity contribution in [1.82, 2.24) is 20.6 Å². The van der Waals surface area contributed by atoms with Gasteiger partial charge in [-0.25, -0.2) is 9.98 Å². The summed E-state index contributed by atoms with van der Waals surface area (Å²) >= 11 is 0. The van der Waals surface area contributed by atoms with E-state index in [0.717, 1.165) is 50.1 Å². The van der Waals surface area contributed by atoms with Gasteiger partial charge in [-0.1, -0.05) is 6.07 Å². The molecule has 3 rings (SSSR count). The highest BCUT2D eigenvalue weighted by Crippen LogP contribution is 2.18. The van der Waals surface area contributed by atoms with E-state index in [9.17, 15) is 0 Å². The molecule has 0 atom stereocenters. The monoisotopic (exact) mass is 480 g/mol. The van der Waals surface area contributed by atoms with Gasteiger partial charge in [0.15, 0.2) is 5.96 Å². The topological polar surface area (TPSA) is 65.4 Å². The maximum absolute atomic E-state index is 4.71. The van der Waals surface area contributed by atoms with Gasteiger partial charge >= 0.3 is 0 Å². The smallest absolute Gasteiger partial charge is 0.191 e. The van der Waals surface area contributed by atoms with E-state index < -0.39 is 0 Å². The molecule has 0 amide bonds. The van der Waals surface area contributed by atoms with Crippen LogP contribution < -0.4 is 15.5 Å². The van der Waals surface area contributed by atoms with E-state index in [-0.39, 0.29) is 24.0 Å². The van der Waals surface area contributed by atoms with E-state index in [1.54, 1.807) is 0 Å². The van der Waals surface area contributed by atoms with E-state index >= 15 is 0 Å². The van der Waals surface area contributed by atoms with Gasteiger partial charge in [0.2, 0.25) is 0 Å². The Kier molecular flexibility index (Phi) is 9.30. The third kappa shape index (κ3) is 6.97. The Morgan fingerprint density at radius 1 is 1.11 bits per heavy atom. The maximum atomic E-state index is 4.71. The second-order valence-electron chi connectivity index (χ2n) is 6.41. The Morgan fingerprint density at radius 2 is 1.96 bits per heavy atom. The van der Waals surface area contributed by atoms with Crippen LogP contribution in [-0.2, 0) is 13.0 Å². The fourth-order valence-corrected chi connectivity index (χ4v) is 3.05. The van der Waals surface area contributed by atoms with E-state index in [4.69, 9.17) is 4.99 Å². The zero-order valence-corrected chi connectivity index (χ0v) is 18.2. The minimum Gasteiger partial charge on any atom is -0.357 e. The van der Waals surface area contributed by atoms with Crippen LogP contribution in [0.4, 0.5) is 5.82 Å². The van der Waals surface area contributed by atoms with Crippen LogP contribution >= 0.6 is 24.0 Å². The van der Waals surface area contributed by atoms with Crippen molar-refractivity contribution in [2.24, 2.45) is 4.99 Å². The molecule has 27 heavy (non-hydrogen) atoms. The van der Waals surface area contributed by atoms with Crippen LogP contribution in [0, 0.1) is 0 Å². The second kappa shape index (κ2) is 11.7. The molecule has 1 aliphatic rings. The highest BCUT2D eigenvalue weighted by atomic mass is 127. The van der Waals surface area contributed by atoms with Gasteiger partial charge in [-0.3, -0.25) is 4.98 Å². The van der Waals surface area contributed by atoms with Gasteiger partial charge in [-0.05, 0) is 49.6 Å². The summed E-state index contributed by atoms with van der Waals surface area (Å²) < 4.78 is 0. The van der Waals surface area contributed by atoms with Gasteiger partial charge in [0.25, 0.3) is 0 Å². The molecule has 0 aromatic carbocycles. The summed E-state index contributed by atoms with van der Waals surface area (Å²) in [7, 11) is 0. The van der Waals surface area contributed by atoms with E-state index in [1.165, 1.54) is 18.4 Å². The summed E-state index contributed by atoms with van der Waals surface area (Å²) in [6.45, 7) is 6.58. The molecule has 0 saturated carbocycles. The van der Waals surface area contributed by atoms with Crippen LogP contribution in [0.3, 0.4) is 0 Å². The molecule has 7 heteroatoms. The number of halogens is 1. The molecular weight excluding hydrogens is 451 g/mol. The minimum absolute atomic E-state index is 0. The third-order valence-electron chi connectivity index (χ3n) is 4.40. The minimum atomic E-state index is 0. The Morgan fingerprint density at radius 3 is 2.70 bits per heavy atom. The summed E-state index contributed by atoms with van der Waals surface area (Å²) in [5.41, 5.74) is 2.27. The lowest BCUT2D eigenvalue weighted by atomic mass is 10.2. The summed E-state index contributed by atoms with van der Waals surface area (Å²) in [4.78, 5) is 15.9. The molecule has 1 fully saturated rings. The lowest BCUT2D eigenvalue weighted by Gasteiger charge is -2.16. The number of aliphatic imine (C=N–C) groups is 1. The van der Waals surface area contributed by atoms with Crippen LogP contribution in [0.5, 0.6) is 0 Å². The number of nitrogens with zero attached hydrogens (tertiary/aromatic N) is 4. The Labute approximate surface area is 178 Å². The molecule has 0 unspecified atom stereocenters. The van der Waals surface area contributed by atoms with Gasteiger partial charge < -0.3 is 15.5 Å². The number of guanidine groups is 1. The molecule has 2 N–H and O–H groups in total. The largest absolute Gasteiger partial charge is 0.357 e. The quantitative estimate of drug-likeness (QED) is 0.363. The first-order valence-corrected chi connectivity index (χ1v) is 9.47. The zero-order chi connectivity index (χ0) is 18.0. The Bertz CT molecular complexity index is 701. The van der Waals surface area contributed by atoms with Crippen molar-refractivity contribution in [3.63, 3.8) is 0 Å². The number of aromatic nitrogens is 2. The fourth-order valence-electron chi connectivity index (χ4n) is 3.05. The number of nitrogens with one attached hydrogen (secondary N) is 2. The van der Waals surface area contributed by atoms with Crippen molar-refractivity contribution >= 4 is 35.8 Å². The molecular formula is C20H29IN6. The van der Waals surface area contributed by atoms with Crippen LogP contribution in [0.15, 0.2) is 47.7 Å². The van der Waals surface area contributed by atoms with Gasteiger partial charge in [-0.15, -0.1) is 24.0 Å². The van der Waals surface area contributed by atoms with Crippen LogP contribution in [0.2, 0.25) is 0 Å². The summed E-state index contributed by atoms with van der Waals surface area (Å²) in [5.74, 6) is 1.91. The van der Waals surface area contributed by atoms with Crippen LogP contribution in [0.1, 0.15) is 31.0 Å². The summed E-state index contributed by atoms with van der Waals surface area (Å²) in [6, 6.07) is 10.2. The number of pyridine rings is 2. The van der Waals surface area contributed by atoms with Crippen molar-refractivity contribution in [3.05, 3.63) is 54.0 Å².